The lowest BCUT2D eigenvalue weighted by Crippen LogP contribution is -2.20. The quantitative estimate of drug-likeness (QED) is 0.389. The number of carbonyl (C=O) groups is 1. The Hall–Kier alpha value is -3.77. The maximum Gasteiger partial charge on any atom is 0.255 e. The highest BCUT2D eigenvalue weighted by Gasteiger charge is 2.11. The van der Waals surface area contributed by atoms with Gasteiger partial charge in [0.15, 0.2) is 29.7 Å². The van der Waals surface area contributed by atoms with E-state index >= 15 is 0 Å². The molecule has 1 aromatic heterocycles. The molecule has 1 heterocycles. The van der Waals surface area contributed by atoms with E-state index in [0.29, 0.717) is 27.8 Å². The summed E-state index contributed by atoms with van der Waals surface area (Å²) in [5, 5.41) is 11.1. The summed E-state index contributed by atoms with van der Waals surface area (Å²) in [4.78, 5) is 19.4. The maximum absolute atomic E-state index is 14.2. The number of anilines is 4. The molecular weight excluding hydrogens is 427 g/mol. The highest BCUT2D eigenvalue weighted by Crippen LogP contribution is 2.31. The van der Waals surface area contributed by atoms with Gasteiger partial charge in [-0.3, -0.25) is 4.79 Å². The van der Waals surface area contributed by atoms with Crippen molar-refractivity contribution in [2.75, 3.05) is 24.4 Å². The number of nitrogens with zero attached hydrogens (tertiary/aromatic N) is 2. The molecule has 12 heteroatoms. The summed E-state index contributed by atoms with van der Waals surface area (Å²) in [5.41, 5.74) is 6.13. The Bertz CT molecular complexity index is 1110. The Morgan fingerprint density at radius 2 is 1.84 bits per heavy atom. The van der Waals surface area contributed by atoms with Crippen LogP contribution in [0.4, 0.5) is 27.5 Å². The van der Waals surface area contributed by atoms with E-state index in [1.807, 2.05) is 0 Å². The van der Waals surface area contributed by atoms with Gasteiger partial charge in [-0.25, -0.2) is 18.7 Å². The standard InChI is InChI=1S/C19H19FN6O4S/c1-29-16-8-12(4-7-15(16)30-10-17(21)27)24-18-14(20)9-23-19(26-18)25-11-2-5-13(6-3-11)31(22)28/h2-9H,10,22H2,1H3,(H2,21,27)(H2,23,24,25,26). The van der Waals surface area contributed by atoms with Gasteiger partial charge in [0.1, 0.15) is 11.0 Å². The summed E-state index contributed by atoms with van der Waals surface area (Å²) >= 11 is 0. The van der Waals surface area contributed by atoms with Crippen molar-refractivity contribution in [1.82, 2.24) is 9.97 Å². The highest BCUT2D eigenvalue weighted by molar-refractivity contribution is 7.82. The lowest BCUT2D eigenvalue weighted by molar-refractivity contribution is -0.119. The summed E-state index contributed by atoms with van der Waals surface area (Å²) in [5.74, 6) is -0.620. The molecule has 0 fully saturated rings. The molecule has 10 nitrogen and oxygen atoms in total. The van der Waals surface area contributed by atoms with E-state index in [4.69, 9.17) is 20.3 Å². The summed E-state index contributed by atoms with van der Waals surface area (Å²) < 4.78 is 36.0. The summed E-state index contributed by atoms with van der Waals surface area (Å²) in [6.45, 7) is -0.305. The molecule has 1 unspecified atom stereocenters. The molecule has 1 amide bonds. The van der Waals surface area contributed by atoms with Gasteiger partial charge in [0, 0.05) is 17.4 Å². The average Bonchev–Trinajstić information content (AvgIpc) is 2.75. The molecule has 3 aromatic rings. The number of amides is 1. The van der Waals surface area contributed by atoms with Gasteiger partial charge in [-0.15, -0.1) is 0 Å². The van der Waals surface area contributed by atoms with Crippen LogP contribution in [0.1, 0.15) is 0 Å². The number of primary amides is 1. The molecule has 2 aromatic carbocycles. The summed E-state index contributed by atoms with van der Waals surface area (Å²) in [6.07, 6.45) is 1.02. The molecule has 0 spiro atoms. The van der Waals surface area contributed by atoms with Crippen molar-refractivity contribution in [1.29, 1.82) is 0 Å². The van der Waals surface area contributed by atoms with Crippen molar-refractivity contribution in [3.8, 4) is 11.5 Å². The van der Waals surface area contributed by atoms with Gasteiger partial charge >= 0.3 is 0 Å². The van der Waals surface area contributed by atoms with Gasteiger partial charge in [0.2, 0.25) is 5.95 Å². The van der Waals surface area contributed by atoms with Crippen molar-refractivity contribution >= 4 is 40.0 Å². The summed E-state index contributed by atoms with van der Waals surface area (Å²) in [6, 6.07) is 11.2. The van der Waals surface area contributed by atoms with E-state index in [1.54, 1.807) is 42.5 Å². The van der Waals surface area contributed by atoms with E-state index < -0.39 is 22.7 Å². The van der Waals surface area contributed by atoms with Crippen LogP contribution in [0.25, 0.3) is 0 Å². The van der Waals surface area contributed by atoms with Crippen molar-refractivity contribution in [2.45, 2.75) is 4.90 Å². The van der Waals surface area contributed by atoms with Gasteiger partial charge < -0.3 is 25.8 Å². The molecule has 31 heavy (non-hydrogen) atoms. The SMILES string of the molecule is COc1cc(Nc2nc(Nc3ccc(S(N)=O)cc3)ncc2F)ccc1OCC(N)=O. The minimum atomic E-state index is -1.58. The number of methoxy groups -OCH3 is 1. The smallest absolute Gasteiger partial charge is 0.255 e. The predicted octanol–water partition coefficient (Wildman–Crippen LogP) is 1.96. The fourth-order valence-electron chi connectivity index (χ4n) is 2.47. The van der Waals surface area contributed by atoms with Crippen molar-refractivity contribution in [3.63, 3.8) is 0 Å². The molecule has 0 aliphatic rings. The molecule has 1 atom stereocenters. The number of ether oxygens (including phenoxy) is 2. The third-order valence-corrected chi connectivity index (χ3v) is 4.62. The molecule has 0 saturated heterocycles. The minimum Gasteiger partial charge on any atom is -0.493 e. The fourth-order valence-corrected chi connectivity index (χ4v) is 2.87. The number of nitrogens with one attached hydrogen (secondary N) is 2. The zero-order chi connectivity index (χ0) is 22.4. The van der Waals surface area contributed by atoms with Crippen molar-refractivity contribution < 1.29 is 22.9 Å². The first-order valence-corrected chi connectivity index (χ1v) is 9.99. The second-order valence-electron chi connectivity index (χ2n) is 6.08. The highest BCUT2D eigenvalue weighted by atomic mass is 32.2. The van der Waals surface area contributed by atoms with Crippen molar-refractivity contribution in [2.24, 2.45) is 10.9 Å². The largest absolute Gasteiger partial charge is 0.493 e. The number of benzene rings is 2. The topological polar surface area (TPSA) is 154 Å². The Morgan fingerprint density at radius 3 is 2.48 bits per heavy atom. The first-order chi connectivity index (χ1) is 14.9. The number of nitrogens with two attached hydrogens (primary N) is 2. The van der Waals surface area contributed by atoms with Crippen LogP contribution in [0.5, 0.6) is 11.5 Å². The number of hydrogen-bond donors (Lipinski definition) is 4. The zero-order valence-corrected chi connectivity index (χ0v) is 17.1. The van der Waals surface area contributed by atoms with Crippen LogP contribution in [0.3, 0.4) is 0 Å². The van der Waals surface area contributed by atoms with Crippen LogP contribution >= 0.6 is 0 Å². The molecule has 0 saturated carbocycles. The second-order valence-corrected chi connectivity index (χ2v) is 7.15. The van der Waals surface area contributed by atoms with E-state index in [9.17, 15) is 13.4 Å². The number of aromatic nitrogens is 2. The fraction of sp³-hybridized carbons (Fsp3) is 0.105. The number of halogens is 1. The van der Waals surface area contributed by atoms with Gasteiger partial charge in [-0.2, -0.15) is 4.98 Å². The molecule has 0 radical (unpaired) electrons. The molecule has 162 valence electrons. The van der Waals surface area contributed by atoms with Gasteiger partial charge in [-0.05, 0) is 36.4 Å². The third kappa shape index (κ3) is 5.87. The number of carbonyl (C=O) groups excluding carboxylic acids is 1. The lowest BCUT2D eigenvalue weighted by Gasteiger charge is -2.13. The Morgan fingerprint density at radius 1 is 1.13 bits per heavy atom. The van der Waals surface area contributed by atoms with E-state index in [0.717, 1.165) is 6.20 Å². The Balaban J connectivity index is 1.77. The Labute approximate surface area is 179 Å². The van der Waals surface area contributed by atoms with Crippen LogP contribution in [0, 0.1) is 5.82 Å². The van der Waals surface area contributed by atoms with Crippen LogP contribution in [0.2, 0.25) is 0 Å². The van der Waals surface area contributed by atoms with Crippen LogP contribution < -0.4 is 31.0 Å². The first kappa shape index (κ1) is 21.9. The first-order valence-electron chi connectivity index (χ1n) is 8.77. The molecule has 0 aliphatic heterocycles. The molecule has 0 aliphatic carbocycles. The molecule has 3 rings (SSSR count). The van der Waals surface area contributed by atoms with E-state index in [1.165, 1.54) is 7.11 Å². The van der Waals surface area contributed by atoms with Gasteiger partial charge in [0.05, 0.1) is 18.2 Å². The second kappa shape index (κ2) is 9.82. The lowest BCUT2D eigenvalue weighted by atomic mass is 10.2. The van der Waals surface area contributed by atoms with E-state index in [-0.39, 0.29) is 18.4 Å². The average molecular weight is 446 g/mol. The van der Waals surface area contributed by atoms with E-state index in [2.05, 4.69) is 20.6 Å². The number of hydrogen-bond acceptors (Lipinski definition) is 8. The normalized spacial score (nSPS) is 11.5. The van der Waals surface area contributed by atoms with Crippen LogP contribution in [-0.4, -0.2) is 33.8 Å². The van der Waals surface area contributed by atoms with Gasteiger partial charge in [-0.1, -0.05) is 0 Å². The molecule has 6 N–H and O–H groups in total. The molecular formula is C19H19FN6O4S. The Kier molecular flexibility index (Phi) is 6.95. The third-order valence-electron chi connectivity index (χ3n) is 3.88. The zero-order valence-electron chi connectivity index (χ0n) is 16.3. The molecule has 0 bridgehead atoms. The summed E-state index contributed by atoms with van der Waals surface area (Å²) in [7, 11) is -0.157. The van der Waals surface area contributed by atoms with Crippen LogP contribution in [-0.2, 0) is 15.8 Å². The maximum atomic E-state index is 14.2. The predicted molar refractivity (Wildman–Crippen MR) is 113 cm³/mol. The van der Waals surface area contributed by atoms with Gasteiger partial charge in [0.25, 0.3) is 5.91 Å². The van der Waals surface area contributed by atoms with Crippen molar-refractivity contribution in [3.05, 3.63) is 54.5 Å². The monoisotopic (exact) mass is 446 g/mol. The van der Waals surface area contributed by atoms with Crippen LogP contribution in [0.15, 0.2) is 53.6 Å². The minimum absolute atomic E-state index is 0.0787. The number of rotatable bonds is 9.